The average molecular weight is 298 g/mol. The minimum absolute atomic E-state index is 0.0592. The van der Waals surface area contributed by atoms with Gasteiger partial charge < -0.3 is 5.11 Å². The molecular weight excluding hydrogens is 286 g/mol. The molecule has 0 unspecified atom stereocenters. The molecule has 2 aromatic rings. The van der Waals surface area contributed by atoms with Crippen LogP contribution in [0.5, 0.6) is 5.75 Å². The number of halogens is 1. The topological polar surface area (TPSA) is 66.4 Å². The van der Waals surface area contributed by atoms with Crippen molar-refractivity contribution in [2.75, 3.05) is 11.0 Å². The molecule has 0 saturated carbocycles. The number of phenols is 1. The lowest BCUT2D eigenvalue weighted by molar-refractivity contribution is 0.475. The fraction of sp³-hybridized carbons (Fsp3) is 0.0769. The Morgan fingerprint density at radius 1 is 1.11 bits per heavy atom. The number of aromatic hydroxyl groups is 1. The molecule has 0 radical (unpaired) electrons. The maximum absolute atomic E-state index is 11.2. The summed E-state index contributed by atoms with van der Waals surface area (Å²) in [6, 6.07) is 11.5. The summed E-state index contributed by atoms with van der Waals surface area (Å²) in [4.78, 5) is 0. The van der Waals surface area contributed by atoms with Gasteiger partial charge in [-0.15, -0.1) is 0 Å². The molecule has 6 heteroatoms. The van der Waals surface area contributed by atoms with E-state index in [4.69, 9.17) is 11.6 Å². The normalized spacial score (nSPS) is 11.3. The van der Waals surface area contributed by atoms with Crippen molar-refractivity contribution in [3.05, 3.63) is 47.5 Å². The van der Waals surface area contributed by atoms with Gasteiger partial charge in [0.15, 0.2) is 0 Å². The molecule has 2 N–H and O–H groups in total. The van der Waals surface area contributed by atoms with Gasteiger partial charge in [0.25, 0.3) is 0 Å². The quantitative estimate of drug-likeness (QED) is 0.915. The van der Waals surface area contributed by atoms with Crippen molar-refractivity contribution >= 4 is 27.3 Å². The zero-order valence-corrected chi connectivity index (χ0v) is 11.7. The van der Waals surface area contributed by atoms with Gasteiger partial charge >= 0.3 is 0 Å². The van der Waals surface area contributed by atoms with Crippen molar-refractivity contribution in [3.63, 3.8) is 0 Å². The number of phenolic OH excluding ortho intramolecular Hbond substituents is 1. The first-order chi connectivity index (χ1) is 8.83. The molecule has 0 aliphatic rings. The van der Waals surface area contributed by atoms with Crippen LogP contribution in [0.25, 0.3) is 11.1 Å². The Hall–Kier alpha value is -1.72. The largest absolute Gasteiger partial charge is 0.508 e. The van der Waals surface area contributed by atoms with Gasteiger partial charge in [-0.3, -0.25) is 4.72 Å². The first kappa shape index (κ1) is 13.7. The third-order valence-electron chi connectivity index (χ3n) is 2.38. The molecule has 19 heavy (non-hydrogen) atoms. The summed E-state index contributed by atoms with van der Waals surface area (Å²) in [5.74, 6) is 0.0592. The van der Waals surface area contributed by atoms with Crippen LogP contribution >= 0.6 is 11.6 Å². The van der Waals surface area contributed by atoms with E-state index in [1.54, 1.807) is 36.4 Å². The van der Waals surface area contributed by atoms with Crippen LogP contribution in [0.3, 0.4) is 0 Å². The second kappa shape index (κ2) is 5.11. The Balaban J connectivity index is 2.43. The number of hydrogen-bond acceptors (Lipinski definition) is 3. The van der Waals surface area contributed by atoms with Crippen LogP contribution < -0.4 is 4.72 Å². The van der Waals surface area contributed by atoms with Crippen molar-refractivity contribution in [2.45, 2.75) is 0 Å². The summed E-state index contributed by atoms with van der Waals surface area (Å²) in [5.41, 5.74) is 1.92. The molecule has 2 rings (SSSR count). The monoisotopic (exact) mass is 297 g/mol. The van der Waals surface area contributed by atoms with Crippen LogP contribution in [0.15, 0.2) is 42.5 Å². The lowest BCUT2D eigenvalue weighted by Gasteiger charge is -2.07. The van der Waals surface area contributed by atoms with Crippen LogP contribution in [0.2, 0.25) is 5.02 Å². The number of sulfonamides is 1. The van der Waals surface area contributed by atoms with Gasteiger partial charge in [0.05, 0.1) is 6.26 Å². The third kappa shape index (κ3) is 3.87. The Kier molecular flexibility index (Phi) is 3.68. The lowest BCUT2D eigenvalue weighted by Crippen LogP contribution is -2.09. The molecule has 0 aliphatic carbocycles. The van der Waals surface area contributed by atoms with Crippen molar-refractivity contribution in [1.82, 2.24) is 0 Å². The highest BCUT2D eigenvalue weighted by atomic mass is 35.5. The van der Waals surface area contributed by atoms with Crippen molar-refractivity contribution in [1.29, 1.82) is 0 Å². The third-order valence-corrected chi connectivity index (χ3v) is 3.21. The SMILES string of the molecule is CS(=O)(=O)Nc1cccc(-c2cc(O)cc(Cl)c2)c1. The standard InChI is InChI=1S/C13H12ClNO3S/c1-19(17,18)15-12-4-2-3-9(6-12)10-5-11(14)8-13(16)7-10/h2-8,15-16H,1H3. The summed E-state index contributed by atoms with van der Waals surface area (Å²) >= 11 is 5.87. The predicted octanol–water partition coefficient (Wildman–Crippen LogP) is 3.08. The number of rotatable bonds is 3. The van der Waals surface area contributed by atoms with Gasteiger partial charge in [-0.05, 0) is 41.5 Å². The molecule has 0 spiro atoms. The van der Waals surface area contributed by atoms with E-state index in [-0.39, 0.29) is 5.75 Å². The van der Waals surface area contributed by atoms with E-state index in [2.05, 4.69) is 4.72 Å². The molecular formula is C13H12ClNO3S. The van der Waals surface area contributed by atoms with Crippen LogP contribution in [-0.4, -0.2) is 19.8 Å². The summed E-state index contributed by atoms with van der Waals surface area (Å²) < 4.78 is 24.8. The van der Waals surface area contributed by atoms with Crippen molar-refractivity contribution < 1.29 is 13.5 Å². The van der Waals surface area contributed by atoms with Crippen LogP contribution in [0.4, 0.5) is 5.69 Å². The van der Waals surface area contributed by atoms with Crippen molar-refractivity contribution in [3.8, 4) is 16.9 Å². The van der Waals surface area contributed by atoms with E-state index >= 15 is 0 Å². The van der Waals surface area contributed by atoms with E-state index in [1.807, 2.05) is 0 Å². The van der Waals surface area contributed by atoms with E-state index in [9.17, 15) is 13.5 Å². The average Bonchev–Trinajstić information content (AvgIpc) is 2.25. The summed E-state index contributed by atoms with van der Waals surface area (Å²) in [5, 5.41) is 9.93. The molecule has 0 aliphatic heterocycles. The highest BCUT2D eigenvalue weighted by molar-refractivity contribution is 7.92. The minimum atomic E-state index is -3.32. The molecule has 0 saturated heterocycles. The molecule has 0 heterocycles. The summed E-state index contributed by atoms with van der Waals surface area (Å²) in [6.07, 6.45) is 1.09. The van der Waals surface area contributed by atoms with Crippen molar-refractivity contribution in [2.24, 2.45) is 0 Å². The maximum Gasteiger partial charge on any atom is 0.229 e. The second-order valence-corrected chi connectivity index (χ2v) is 6.34. The molecule has 0 aromatic heterocycles. The molecule has 0 bridgehead atoms. The first-order valence-corrected chi connectivity index (χ1v) is 7.68. The van der Waals surface area contributed by atoms with E-state index in [0.717, 1.165) is 11.8 Å². The van der Waals surface area contributed by atoms with E-state index in [0.29, 0.717) is 16.3 Å². The molecule has 0 fully saturated rings. The maximum atomic E-state index is 11.2. The number of benzene rings is 2. The Morgan fingerprint density at radius 2 is 1.84 bits per heavy atom. The molecule has 0 atom stereocenters. The number of anilines is 1. The number of hydrogen-bond donors (Lipinski definition) is 2. The van der Waals surface area contributed by atoms with Gasteiger partial charge in [0, 0.05) is 10.7 Å². The highest BCUT2D eigenvalue weighted by Crippen LogP contribution is 2.29. The summed E-state index contributed by atoms with van der Waals surface area (Å²) in [6.45, 7) is 0. The van der Waals surface area contributed by atoms with Gasteiger partial charge in [-0.2, -0.15) is 0 Å². The Morgan fingerprint density at radius 3 is 2.47 bits per heavy atom. The van der Waals surface area contributed by atoms with Gasteiger partial charge in [0.1, 0.15) is 5.75 Å². The predicted molar refractivity (Wildman–Crippen MR) is 77.0 cm³/mol. The van der Waals surface area contributed by atoms with Crippen LogP contribution in [-0.2, 0) is 10.0 Å². The molecule has 100 valence electrons. The lowest BCUT2D eigenvalue weighted by atomic mass is 10.1. The second-order valence-electron chi connectivity index (χ2n) is 4.15. The van der Waals surface area contributed by atoms with Crippen LogP contribution in [0.1, 0.15) is 0 Å². The smallest absolute Gasteiger partial charge is 0.229 e. The number of nitrogens with one attached hydrogen (secondary N) is 1. The summed E-state index contributed by atoms with van der Waals surface area (Å²) in [7, 11) is -3.32. The zero-order chi connectivity index (χ0) is 14.0. The van der Waals surface area contributed by atoms with Gasteiger partial charge in [0.2, 0.25) is 10.0 Å². The fourth-order valence-electron chi connectivity index (χ4n) is 1.72. The Labute approximate surface area is 116 Å². The fourth-order valence-corrected chi connectivity index (χ4v) is 2.50. The molecule has 0 amide bonds. The van der Waals surface area contributed by atoms with Gasteiger partial charge in [-0.25, -0.2) is 8.42 Å². The zero-order valence-electron chi connectivity index (χ0n) is 10.1. The van der Waals surface area contributed by atoms with Crippen LogP contribution in [0, 0.1) is 0 Å². The highest BCUT2D eigenvalue weighted by Gasteiger charge is 2.05. The first-order valence-electron chi connectivity index (χ1n) is 5.41. The molecule has 2 aromatic carbocycles. The minimum Gasteiger partial charge on any atom is -0.508 e. The van der Waals surface area contributed by atoms with E-state index < -0.39 is 10.0 Å². The Bertz CT molecular complexity index is 693. The van der Waals surface area contributed by atoms with Gasteiger partial charge in [-0.1, -0.05) is 23.7 Å². The molecule has 4 nitrogen and oxygen atoms in total. The van der Waals surface area contributed by atoms with E-state index in [1.165, 1.54) is 6.07 Å².